The van der Waals surface area contributed by atoms with E-state index in [4.69, 9.17) is 21.1 Å². The number of morpholine rings is 1. The summed E-state index contributed by atoms with van der Waals surface area (Å²) in [5.74, 6) is 0.381. The lowest BCUT2D eigenvalue weighted by molar-refractivity contribution is -0.0586. The van der Waals surface area contributed by atoms with Gasteiger partial charge in [0.1, 0.15) is 10.6 Å². The Morgan fingerprint density at radius 3 is 2.40 bits per heavy atom. The number of halogens is 1. The van der Waals surface area contributed by atoms with Crippen molar-refractivity contribution in [3.05, 3.63) is 53.1 Å². The molecule has 0 saturated carbocycles. The summed E-state index contributed by atoms with van der Waals surface area (Å²) in [5, 5.41) is 0.0358. The Kier molecular flexibility index (Phi) is 6.90. The summed E-state index contributed by atoms with van der Waals surface area (Å²) >= 11 is 6.17. The Balaban J connectivity index is 1.83. The number of benzene rings is 2. The molecular formula is C21H25ClN2O5S. The highest BCUT2D eigenvalue weighted by atomic mass is 35.5. The summed E-state index contributed by atoms with van der Waals surface area (Å²) < 4.78 is 39.3. The van der Waals surface area contributed by atoms with Crippen molar-refractivity contribution in [1.82, 2.24) is 4.90 Å². The van der Waals surface area contributed by atoms with Crippen molar-refractivity contribution in [3.63, 3.8) is 0 Å². The molecule has 1 heterocycles. The summed E-state index contributed by atoms with van der Waals surface area (Å²) in [6.45, 7) is 7.06. The molecule has 162 valence electrons. The standard InChI is InChI=1S/C21H25ClN2O5S/c1-4-28-18-8-6-17(7-9-18)23-30(26,27)20-11-16(5-10-19(20)22)21(25)24-12-14(2)29-15(3)13-24/h5-11,14-15,23H,4,12-13H2,1-3H3. The molecule has 1 saturated heterocycles. The molecule has 3 rings (SSSR count). The van der Waals surface area contributed by atoms with Crippen LogP contribution >= 0.6 is 11.6 Å². The van der Waals surface area contributed by atoms with Crippen LogP contribution in [0.1, 0.15) is 31.1 Å². The van der Waals surface area contributed by atoms with Gasteiger partial charge in [-0.05, 0) is 63.2 Å². The summed E-state index contributed by atoms with van der Waals surface area (Å²) in [7, 11) is -4.00. The van der Waals surface area contributed by atoms with Gasteiger partial charge in [-0.3, -0.25) is 9.52 Å². The zero-order valence-corrected chi connectivity index (χ0v) is 18.7. The minimum Gasteiger partial charge on any atom is -0.494 e. The Bertz CT molecular complexity index is 1000. The number of nitrogens with one attached hydrogen (secondary N) is 1. The van der Waals surface area contributed by atoms with Crippen LogP contribution in [-0.4, -0.2) is 51.1 Å². The van der Waals surface area contributed by atoms with Gasteiger partial charge in [-0.25, -0.2) is 8.42 Å². The number of sulfonamides is 1. The van der Waals surface area contributed by atoms with E-state index in [1.54, 1.807) is 29.2 Å². The second-order valence-corrected chi connectivity index (χ2v) is 9.23. The van der Waals surface area contributed by atoms with Crippen molar-refractivity contribution >= 4 is 33.2 Å². The number of carbonyl (C=O) groups is 1. The minimum atomic E-state index is -4.00. The normalized spacial score (nSPS) is 19.4. The van der Waals surface area contributed by atoms with E-state index in [9.17, 15) is 13.2 Å². The predicted molar refractivity (Wildman–Crippen MR) is 116 cm³/mol. The summed E-state index contributed by atoms with van der Waals surface area (Å²) in [6, 6.07) is 10.8. The molecule has 2 aromatic carbocycles. The van der Waals surface area contributed by atoms with Gasteiger partial charge in [0.25, 0.3) is 15.9 Å². The number of nitrogens with zero attached hydrogens (tertiary/aromatic N) is 1. The van der Waals surface area contributed by atoms with E-state index >= 15 is 0 Å². The molecule has 0 radical (unpaired) electrons. The van der Waals surface area contributed by atoms with E-state index in [0.29, 0.717) is 31.1 Å². The van der Waals surface area contributed by atoms with Gasteiger partial charge in [0.15, 0.2) is 0 Å². The maximum Gasteiger partial charge on any atom is 0.263 e. The fraction of sp³-hybridized carbons (Fsp3) is 0.381. The number of rotatable bonds is 6. The number of hydrogen-bond acceptors (Lipinski definition) is 5. The Labute approximate surface area is 182 Å². The van der Waals surface area contributed by atoms with Crippen molar-refractivity contribution < 1.29 is 22.7 Å². The van der Waals surface area contributed by atoms with Crippen molar-refractivity contribution in [2.24, 2.45) is 0 Å². The molecule has 0 aliphatic carbocycles. The van der Waals surface area contributed by atoms with Crippen LogP contribution in [0.4, 0.5) is 5.69 Å². The number of hydrogen-bond donors (Lipinski definition) is 1. The van der Waals surface area contributed by atoms with Crippen molar-refractivity contribution in [2.75, 3.05) is 24.4 Å². The van der Waals surface area contributed by atoms with E-state index < -0.39 is 10.0 Å². The second kappa shape index (κ2) is 9.24. The van der Waals surface area contributed by atoms with Crippen LogP contribution in [0.25, 0.3) is 0 Å². The second-order valence-electron chi connectivity index (χ2n) is 7.18. The molecule has 2 aromatic rings. The largest absolute Gasteiger partial charge is 0.494 e. The fourth-order valence-corrected chi connectivity index (χ4v) is 4.95. The quantitative estimate of drug-likeness (QED) is 0.720. The van der Waals surface area contributed by atoms with Gasteiger partial charge in [-0.2, -0.15) is 0 Å². The molecule has 0 bridgehead atoms. The Morgan fingerprint density at radius 1 is 1.17 bits per heavy atom. The molecule has 2 atom stereocenters. The molecule has 2 unspecified atom stereocenters. The monoisotopic (exact) mass is 452 g/mol. The topological polar surface area (TPSA) is 84.9 Å². The smallest absolute Gasteiger partial charge is 0.263 e. The summed E-state index contributed by atoms with van der Waals surface area (Å²) in [4.78, 5) is 14.4. The van der Waals surface area contributed by atoms with Crippen molar-refractivity contribution in [3.8, 4) is 5.75 Å². The van der Waals surface area contributed by atoms with E-state index in [2.05, 4.69) is 4.72 Å². The van der Waals surface area contributed by atoms with Crippen LogP contribution in [0.3, 0.4) is 0 Å². The van der Waals surface area contributed by atoms with Crippen LogP contribution in [0, 0.1) is 0 Å². The zero-order valence-electron chi connectivity index (χ0n) is 17.1. The number of ether oxygens (including phenoxy) is 2. The van der Waals surface area contributed by atoms with Gasteiger partial charge in [0.05, 0.1) is 23.8 Å². The first-order valence-electron chi connectivity index (χ1n) is 9.69. The zero-order chi connectivity index (χ0) is 21.9. The number of carbonyl (C=O) groups excluding carboxylic acids is 1. The van der Waals surface area contributed by atoms with E-state index in [1.165, 1.54) is 18.2 Å². The van der Waals surface area contributed by atoms with Crippen LogP contribution in [0.2, 0.25) is 5.02 Å². The average Bonchev–Trinajstić information content (AvgIpc) is 2.68. The lowest BCUT2D eigenvalue weighted by Crippen LogP contribution is -2.48. The van der Waals surface area contributed by atoms with Crippen molar-refractivity contribution in [2.45, 2.75) is 37.9 Å². The maximum atomic E-state index is 12.9. The molecule has 7 nitrogen and oxygen atoms in total. The molecule has 30 heavy (non-hydrogen) atoms. The molecule has 1 fully saturated rings. The van der Waals surface area contributed by atoms with Gasteiger partial charge in [0, 0.05) is 24.3 Å². The molecule has 1 N–H and O–H groups in total. The molecule has 9 heteroatoms. The predicted octanol–water partition coefficient (Wildman–Crippen LogP) is 3.79. The maximum absolute atomic E-state index is 12.9. The van der Waals surface area contributed by atoms with Crippen molar-refractivity contribution in [1.29, 1.82) is 0 Å². The lowest BCUT2D eigenvalue weighted by Gasteiger charge is -2.35. The molecule has 1 aliphatic heterocycles. The van der Waals surface area contributed by atoms with Gasteiger partial charge < -0.3 is 14.4 Å². The highest BCUT2D eigenvalue weighted by Gasteiger charge is 2.28. The van der Waals surface area contributed by atoms with Crippen LogP contribution in [0.5, 0.6) is 5.75 Å². The van der Waals surface area contributed by atoms with E-state index in [1.807, 2.05) is 20.8 Å². The first kappa shape index (κ1) is 22.4. The third-order valence-corrected chi connectivity index (χ3v) is 6.45. The van der Waals surface area contributed by atoms with E-state index in [0.717, 1.165) is 0 Å². The molecule has 0 spiro atoms. The molecule has 0 aromatic heterocycles. The number of anilines is 1. The Morgan fingerprint density at radius 2 is 1.80 bits per heavy atom. The Hall–Kier alpha value is -2.29. The molecule has 1 aliphatic rings. The first-order chi connectivity index (χ1) is 14.2. The minimum absolute atomic E-state index is 0.0358. The number of amides is 1. The van der Waals surface area contributed by atoms with Crippen LogP contribution < -0.4 is 9.46 Å². The highest BCUT2D eigenvalue weighted by Crippen LogP contribution is 2.27. The highest BCUT2D eigenvalue weighted by molar-refractivity contribution is 7.92. The summed E-state index contributed by atoms with van der Waals surface area (Å²) in [6.07, 6.45) is -0.177. The van der Waals surface area contributed by atoms with E-state index in [-0.39, 0.29) is 33.6 Å². The third kappa shape index (κ3) is 5.24. The summed E-state index contributed by atoms with van der Waals surface area (Å²) in [5.41, 5.74) is 0.620. The van der Waals surface area contributed by atoms with Crippen LogP contribution in [0.15, 0.2) is 47.4 Å². The van der Waals surface area contributed by atoms with Crippen LogP contribution in [-0.2, 0) is 14.8 Å². The van der Waals surface area contributed by atoms with Gasteiger partial charge in [0.2, 0.25) is 0 Å². The molecule has 1 amide bonds. The molecular weight excluding hydrogens is 428 g/mol. The lowest BCUT2D eigenvalue weighted by atomic mass is 10.1. The first-order valence-corrected chi connectivity index (χ1v) is 11.6. The fourth-order valence-electron chi connectivity index (χ4n) is 3.36. The van der Waals surface area contributed by atoms with Gasteiger partial charge in [-0.1, -0.05) is 11.6 Å². The van der Waals surface area contributed by atoms with Gasteiger partial charge in [-0.15, -0.1) is 0 Å². The SMILES string of the molecule is CCOc1ccc(NS(=O)(=O)c2cc(C(=O)N3CC(C)OC(C)C3)ccc2Cl)cc1. The third-order valence-electron chi connectivity index (χ3n) is 4.59. The average molecular weight is 453 g/mol. The van der Waals surface area contributed by atoms with Gasteiger partial charge >= 0.3 is 0 Å².